The highest BCUT2D eigenvalue weighted by Crippen LogP contribution is 2.29. The molecule has 0 saturated heterocycles. The summed E-state index contributed by atoms with van der Waals surface area (Å²) in [5, 5.41) is 4.94. The normalized spacial score (nSPS) is 10.7. The van der Waals surface area contributed by atoms with Crippen LogP contribution in [-0.4, -0.2) is 9.78 Å². The Hall–Kier alpha value is -1.36. The molecule has 0 aliphatic carbocycles. The molecule has 1 aromatic carbocycles. The number of hydrogen-bond acceptors (Lipinski definition) is 2. The molecule has 18 heavy (non-hydrogen) atoms. The Morgan fingerprint density at radius 1 is 1.39 bits per heavy atom. The molecule has 5 heteroatoms. The van der Waals surface area contributed by atoms with Gasteiger partial charge in [0.25, 0.3) is 0 Å². The summed E-state index contributed by atoms with van der Waals surface area (Å²) in [4.78, 5) is 0. The van der Waals surface area contributed by atoms with Gasteiger partial charge in [-0.1, -0.05) is 22.0 Å². The van der Waals surface area contributed by atoms with Crippen LogP contribution in [0.15, 0.2) is 18.2 Å². The molecule has 3 nitrogen and oxygen atoms in total. The van der Waals surface area contributed by atoms with Gasteiger partial charge in [-0.3, -0.25) is 0 Å². The smallest absolute Gasteiger partial charge is 0.221 e. The number of aryl methyl sites for hydroxylation is 3. The Labute approximate surface area is 114 Å². The number of nitrogens with zero attached hydrogens (tertiary/aromatic N) is 2. The maximum absolute atomic E-state index is 13.5. The van der Waals surface area contributed by atoms with E-state index in [0.717, 1.165) is 11.3 Å². The highest BCUT2D eigenvalue weighted by atomic mass is 79.9. The van der Waals surface area contributed by atoms with Crippen LogP contribution in [0.1, 0.15) is 16.8 Å². The lowest BCUT2D eigenvalue weighted by Gasteiger charge is -2.08. The predicted molar refractivity (Wildman–Crippen MR) is 71.8 cm³/mol. The van der Waals surface area contributed by atoms with Crippen molar-refractivity contribution in [2.75, 3.05) is 0 Å². The predicted octanol–water partition coefficient (Wildman–Crippen LogP) is 3.86. The van der Waals surface area contributed by atoms with Crippen LogP contribution < -0.4 is 4.74 Å². The first-order chi connectivity index (χ1) is 8.52. The second kappa shape index (κ2) is 5.10. The summed E-state index contributed by atoms with van der Waals surface area (Å²) in [6, 6.07) is 4.83. The summed E-state index contributed by atoms with van der Waals surface area (Å²) in [5.41, 5.74) is 2.47. The van der Waals surface area contributed by atoms with Crippen LogP contribution in [0.3, 0.4) is 0 Å². The maximum atomic E-state index is 13.5. The Morgan fingerprint density at radius 2 is 2.11 bits per heavy atom. The molecular weight excluding hydrogens is 299 g/mol. The lowest BCUT2D eigenvalue weighted by atomic mass is 10.2. The Bertz CT molecular complexity index is 581. The van der Waals surface area contributed by atoms with Crippen LogP contribution in [0.25, 0.3) is 0 Å². The van der Waals surface area contributed by atoms with E-state index in [-0.39, 0.29) is 5.82 Å². The third-order valence-corrected chi connectivity index (χ3v) is 3.34. The van der Waals surface area contributed by atoms with E-state index >= 15 is 0 Å². The third kappa shape index (κ3) is 2.41. The second-order valence-corrected chi connectivity index (χ2v) is 4.70. The standard InChI is InChI=1S/C13H14BrFN2O/c1-8-4-5-10(6-12(8)15)18-13-11(7-14)9(2)16-17(13)3/h4-6H,7H2,1-3H3. The van der Waals surface area contributed by atoms with Gasteiger partial charge in [-0.05, 0) is 25.5 Å². The Kier molecular flexibility index (Phi) is 3.71. The van der Waals surface area contributed by atoms with Gasteiger partial charge in [-0.15, -0.1) is 0 Å². The first-order valence-electron chi connectivity index (χ1n) is 5.55. The zero-order valence-electron chi connectivity index (χ0n) is 10.5. The highest BCUT2D eigenvalue weighted by molar-refractivity contribution is 9.08. The number of ether oxygens (including phenoxy) is 1. The molecule has 96 valence electrons. The zero-order chi connectivity index (χ0) is 13.3. The lowest BCUT2D eigenvalue weighted by molar-refractivity contribution is 0.424. The van der Waals surface area contributed by atoms with Crippen LogP contribution in [0.5, 0.6) is 11.6 Å². The van der Waals surface area contributed by atoms with E-state index in [0.29, 0.717) is 22.5 Å². The molecule has 0 bridgehead atoms. The van der Waals surface area contributed by atoms with Crippen LogP contribution in [0.4, 0.5) is 4.39 Å². The minimum Gasteiger partial charge on any atom is -0.439 e. The summed E-state index contributed by atoms with van der Waals surface area (Å²) >= 11 is 3.40. The summed E-state index contributed by atoms with van der Waals surface area (Å²) in [6.45, 7) is 3.64. The zero-order valence-corrected chi connectivity index (χ0v) is 12.1. The number of alkyl halides is 1. The quantitative estimate of drug-likeness (QED) is 0.805. The van der Waals surface area contributed by atoms with Gasteiger partial charge in [-0.2, -0.15) is 5.10 Å². The molecule has 0 radical (unpaired) electrons. The van der Waals surface area contributed by atoms with Crippen LogP contribution in [0.2, 0.25) is 0 Å². The van der Waals surface area contributed by atoms with Gasteiger partial charge in [0, 0.05) is 24.0 Å². The summed E-state index contributed by atoms with van der Waals surface area (Å²) in [6.07, 6.45) is 0. The molecular formula is C13H14BrFN2O. The molecule has 1 heterocycles. The Balaban J connectivity index is 2.36. The molecule has 0 aliphatic heterocycles. The van der Waals surface area contributed by atoms with Gasteiger partial charge in [0.15, 0.2) is 0 Å². The molecule has 0 unspecified atom stereocenters. The number of aromatic nitrogens is 2. The molecule has 0 atom stereocenters. The van der Waals surface area contributed by atoms with E-state index in [4.69, 9.17) is 4.74 Å². The van der Waals surface area contributed by atoms with Crippen molar-refractivity contribution in [3.63, 3.8) is 0 Å². The minimum atomic E-state index is -0.271. The fourth-order valence-electron chi connectivity index (χ4n) is 1.71. The van der Waals surface area contributed by atoms with Gasteiger partial charge in [0.05, 0.1) is 5.69 Å². The average molecular weight is 313 g/mol. The second-order valence-electron chi connectivity index (χ2n) is 4.14. The summed E-state index contributed by atoms with van der Waals surface area (Å²) in [5.74, 6) is 0.836. The van der Waals surface area contributed by atoms with Gasteiger partial charge >= 0.3 is 0 Å². The SMILES string of the molecule is Cc1ccc(Oc2c(CBr)c(C)nn2C)cc1F. The topological polar surface area (TPSA) is 27.1 Å². The molecule has 0 N–H and O–H groups in total. The number of hydrogen-bond donors (Lipinski definition) is 0. The number of rotatable bonds is 3. The lowest BCUT2D eigenvalue weighted by Crippen LogP contribution is -1.97. The van der Waals surface area contributed by atoms with E-state index in [1.54, 1.807) is 30.8 Å². The molecule has 0 saturated carbocycles. The molecule has 2 rings (SSSR count). The van der Waals surface area contributed by atoms with Gasteiger partial charge < -0.3 is 4.74 Å². The number of halogens is 2. The molecule has 0 amide bonds. The largest absolute Gasteiger partial charge is 0.439 e. The van der Waals surface area contributed by atoms with E-state index in [1.165, 1.54) is 6.07 Å². The van der Waals surface area contributed by atoms with Gasteiger partial charge in [-0.25, -0.2) is 9.07 Å². The van der Waals surface area contributed by atoms with Gasteiger partial charge in [0.2, 0.25) is 5.88 Å². The molecule has 0 aliphatic rings. The van der Waals surface area contributed by atoms with Gasteiger partial charge in [0.1, 0.15) is 11.6 Å². The highest BCUT2D eigenvalue weighted by Gasteiger charge is 2.14. The minimum absolute atomic E-state index is 0.271. The van der Waals surface area contributed by atoms with Crippen LogP contribution in [0, 0.1) is 19.7 Å². The van der Waals surface area contributed by atoms with Crippen molar-refractivity contribution in [2.45, 2.75) is 19.2 Å². The van der Waals surface area contributed by atoms with Crippen molar-refractivity contribution in [2.24, 2.45) is 7.05 Å². The fourth-order valence-corrected chi connectivity index (χ4v) is 2.36. The monoisotopic (exact) mass is 312 g/mol. The van der Waals surface area contributed by atoms with E-state index in [2.05, 4.69) is 21.0 Å². The third-order valence-electron chi connectivity index (χ3n) is 2.78. The van der Waals surface area contributed by atoms with Crippen molar-refractivity contribution in [1.82, 2.24) is 9.78 Å². The van der Waals surface area contributed by atoms with Crippen molar-refractivity contribution in [3.05, 3.63) is 40.8 Å². The van der Waals surface area contributed by atoms with E-state index in [1.807, 2.05) is 6.92 Å². The maximum Gasteiger partial charge on any atom is 0.221 e. The van der Waals surface area contributed by atoms with Crippen molar-refractivity contribution in [1.29, 1.82) is 0 Å². The van der Waals surface area contributed by atoms with Crippen molar-refractivity contribution < 1.29 is 9.13 Å². The summed E-state index contributed by atoms with van der Waals surface area (Å²) < 4.78 is 20.8. The van der Waals surface area contributed by atoms with Crippen LogP contribution >= 0.6 is 15.9 Å². The molecule has 2 aromatic rings. The van der Waals surface area contributed by atoms with E-state index in [9.17, 15) is 4.39 Å². The molecule has 0 fully saturated rings. The average Bonchev–Trinajstić information content (AvgIpc) is 2.58. The fraction of sp³-hybridized carbons (Fsp3) is 0.308. The molecule has 1 aromatic heterocycles. The number of benzene rings is 1. The first-order valence-corrected chi connectivity index (χ1v) is 6.67. The first kappa shape index (κ1) is 13.1. The van der Waals surface area contributed by atoms with Crippen molar-refractivity contribution in [3.8, 4) is 11.6 Å². The van der Waals surface area contributed by atoms with Crippen molar-refractivity contribution >= 4 is 15.9 Å². The van der Waals surface area contributed by atoms with Crippen LogP contribution in [-0.2, 0) is 12.4 Å². The Morgan fingerprint density at radius 3 is 2.72 bits per heavy atom. The molecule has 0 spiro atoms. The van der Waals surface area contributed by atoms with E-state index < -0.39 is 0 Å². The summed E-state index contributed by atoms with van der Waals surface area (Å²) in [7, 11) is 1.80.